The average Bonchev–Trinajstić information content (AvgIpc) is 3.44. The molecule has 0 saturated carbocycles. The Morgan fingerprint density at radius 2 is 0.581 bits per heavy atom. The molecule has 0 saturated heterocycles. The van der Waals surface area contributed by atoms with Crippen LogP contribution in [0.1, 0.15) is 11.1 Å². The Labute approximate surface area is 424 Å². The largest absolute Gasteiger partial charge is 0.308 e. The molecule has 0 bridgehead atoms. The maximum Gasteiger partial charge on any atom is 0.123 e. The van der Waals surface area contributed by atoms with Crippen LogP contribution in [0.25, 0.3) is 76.8 Å². The molecule has 0 aliphatic rings. The smallest absolute Gasteiger partial charge is 0.123 e. The Hall–Kier alpha value is -10.0. The highest BCUT2D eigenvalue weighted by Crippen LogP contribution is 2.50. The number of nitrogens with zero attached hydrogens (tertiary/aromatic N) is 4. The van der Waals surface area contributed by atoms with Crippen LogP contribution in [0.4, 0.5) is 51.7 Å². The van der Waals surface area contributed by atoms with E-state index < -0.39 is 0 Å². The van der Waals surface area contributed by atoms with Gasteiger partial charge in [-0.3, -0.25) is 0 Å². The molecule has 0 amide bonds. The van der Waals surface area contributed by atoms with Gasteiger partial charge in [-0.15, -0.1) is 0 Å². The van der Waals surface area contributed by atoms with Crippen molar-refractivity contribution in [1.29, 1.82) is 10.5 Å². The Balaban J connectivity index is 1.12. The molecule has 74 heavy (non-hydrogen) atoms. The molecule has 0 fully saturated rings. The predicted molar refractivity (Wildman–Crippen MR) is 291 cm³/mol. The molecule has 0 unspecified atom stereocenters. The van der Waals surface area contributed by atoms with E-state index in [2.05, 4.69) is 70.5 Å². The summed E-state index contributed by atoms with van der Waals surface area (Å²) in [6.07, 6.45) is 0. The van der Waals surface area contributed by atoms with E-state index in [-0.39, 0.29) is 23.3 Å². The second-order valence-electron chi connectivity index (χ2n) is 18.1. The van der Waals surface area contributed by atoms with E-state index in [0.717, 1.165) is 88.2 Å². The van der Waals surface area contributed by atoms with Gasteiger partial charge in [0, 0.05) is 22.1 Å². The predicted octanol–water partition coefficient (Wildman–Crippen LogP) is 18.5. The summed E-state index contributed by atoms with van der Waals surface area (Å²) in [6, 6.07) is 73.7. The Bertz CT molecular complexity index is 3800. The second-order valence-corrected chi connectivity index (χ2v) is 18.1. The molecule has 0 spiro atoms. The highest BCUT2D eigenvalue weighted by atomic mass is 19.1. The van der Waals surface area contributed by atoms with Crippen molar-refractivity contribution in [2.75, 3.05) is 9.80 Å². The van der Waals surface area contributed by atoms with Gasteiger partial charge in [0.15, 0.2) is 0 Å². The standard InChI is InChI=1S/C66H38F4N4/c67-53-21-9-41(10-22-53)49-33-50(42-11-23-54(68)24-12-42)36-57(35-49)73(61-7-3-1-5-47(61)39-71)63-31-19-45-18-30-60-64(32-20-46-17-29-59(63)65(45)66(46)60)74(62-8-4-2-6-48(62)40-72)58-37-51(43-13-25-55(69)26-14-43)34-52(38-58)44-15-27-56(70)28-16-44/h1-38H. The lowest BCUT2D eigenvalue weighted by Gasteiger charge is -2.31. The summed E-state index contributed by atoms with van der Waals surface area (Å²) in [5.74, 6) is -1.46. The zero-order valence-electron chi connectivity index (χ0n) is 39.2. The zero-order valence-corrected chi connectivity index (χ0v) is 39.2. The first-order valence-corrected chi connectivity index (χ1v) is 23.8. The fourth-order valence-electron chi connectivity index (χ4n) is 10.2. The van der Waals surface area contributed by atoms with Crippen molar-refractivity contribution in [3.63, 3.8) is 0 Å². The number of halogens is 4. The highest BCUT2D eigenvalue weighted by Gasteiger charge is 2.25. The number of nitriles is 2. The number of para-hydroxylation sites is 2. The van der Waals surface area contributed by atoms with E-state index in [1.807, 2.05) is 72.8 Å². The zero-order chi connectivity index (χ0) is 50.5. The summed E-state index contributed by atoms with van der Waals surface area (Å²) in [5.41, 5.74) is 11.3. The molecule has 4 nitrogen and oxygen atoms in total. The van der Waals surface area contributed by atoms with Gasteiger partial charge in [0.1, 0.15) is 35.4 Å². The summed E-state index contributed by atoms with van der Waals surface area (Å²) >= 11 is 0. The van der Waals surface area contributed by atoms with E-state index >= 15 is 0 Å². The van der Waals surface area contributed by atoms with E-state index in [4.69, 9.17) is 0 Å². The van der Waals surface area contributed by atoms with Gasteiger partial charge in [-0.05, 0) is 187 Å². The van der Waals surface area contributed by atoms with Gasteiger partial charge in [0.25, 0.3) is 0 Å². The van der Waals surface area contributed by atoms with Crippen molar-refractivity contribution in [2.45, 2.75) is 0 Å². The van der Waals surface area contributed by atoms with Gasteiger partial charge in [0.2, 0.25) is 0 Å². The molecular weight excluding hydrogens is 925 g/mol. The third-order valence-electron chi connectivity index (χ3n) is 13.7. The van der Waals surface area contributed by atoms with Crippen LogP contribution < -0.4 is 9.80 Å². The molecular formula is C66H38F4N4. The molecule has 0 atom stereocenters. The molecule has 12 aromatic carbocycles. The third-order valence-corrected chi connectivity index (χ3v) is 13.7. The molecule has 350 valence electrons. The maximum atomic E-state index is 14.4. The van der Waals surface area contributed by atoms with Crippen LogP contribution in [0.5, 0.6) is 0 Å². The molecule has 12 rings (SSSR count). The number of hydrogen-bond donors (Lipinski definition) is 0. The average molecular weight is 963 g/mol. The molecule has 0 aliphatic heterocycles. The van der Waals surface area contributed by atoms with Gasteiger partial charge in [-0.1, -0.05) is 109 Å². The lowest BCUT2D eigenvalue weighted by molar-refractivity contribution is 0.627. The maximum absolute atomic E-state index is 14.4. The quantitative estimate of drug-likeness (QED) is 0.101. The van der Waals surface area contributed by atoms with Crippen LogP contribution in [0.15, 0.2) is 231 Å². The molecule has 12 aromatic rings. The summed E-state index contributed by atoms with van der Waals surface area (Å²) in [6.45, 7) is 0. The van der Waals surface area contributed by atoms with Crippen LogP contribution in [0.2, 0.25) is 0 Å². The SMILES string of the molecule is N#Cc1ccccc1N(c1cc(-c2ccc(F)cc2)cc(-c2ccc(F)cc2)c1)c1ccc2ccc3c(N(c4cc(-c5ccc(F)cc5)cc(-c5ccc(F)cc5)c4)c4ccccc4C#N)ccc4ccc1c2c43. The number of anilines is 6. The van der Waals surface area contributed by atoms with Crippen LogP contribution >= 0.6 is 0 Å². The van der Waals surface area contributed by atoms with E-state index in [1.165, 1.54) is 48.5 Å². The van der Waals surface area contributed by atoms with Crippen LogP contribution in [0.3, 0.4) is 0 Å². The topological polar surface area (TPSA) is 54.1 Å². The van der Waals surface area contributed by atoms with Crippen molar-refractivity contribution in [3.8, 4) is 56.6 Å². The van der Waals surface area contributed by atoms with Crippen LogP contribution in [0, 0.1) is 45.9 Å². The Morgan fingerprint density at radius 3 is 0.892 bits per heavy atom. The van der Waals surface area contributed by atoms with Gasteiger partial charge < -0.3 is 9.80 Å². The van der Waals surface area contributed by atoms with Crippen molar-refractivity contribution >= 4 is 66.4 Å². The van der Waals surface area contributed by atoms with Crippen molar-refractivity contribution in [2.24, 2.45) is 0 Å². The minimum absolute atomic E-state index is 0.365. The van der Waals surface area contributed by atoms with Crippen molar-refractivity contribution < 1.29 is 17.6 Å². The monoisotopic (exact) mass is 962 g/mol. The minimum atomic E-state index is -0.365. The summed E-state index contributed by atoms with van der Waals surface area (Å²) < 4.78 is 57.5. The van der Waals surface area contributed by atoms with E-state index in [0.29, 0.717) is 33.9 Å². The first-order chi connectivity index (χ1) is 36.2. The summed E-state index contributed by atoms with van der Waals surface area (Å²) in [4.78, 5) is 4.16. The van der Waals surface area contributed by atoms with Gasteiger partial charge >= 0.3 is 0 Å². The normalized spacial score (nSPS) is 11.2. The van der Waals surface area contributed by atoms with Gasteiger partial charge in [-0.25, -0.2) is 17.6 Å². The summed E-state index contributed by atoms with van der Waals surface area (Å²) in [5, 5.41) is 27.1. The first kappa shape index (κ1) is 45.1. The Morgan fingerprint density at radius 1 is 0.284 bits per heavy atom. The molecule has 0 heterocycles. The lowest BCUT2D eigenvalue weighted by atomic mass is 9.91. The van der Waals surface area contributed by atoms with E-state index in [9.17, 15) is 28.1 Å². The summed E-state index contributed by atoms with van der Waals surface area (Å²) in [7, 11) is 0. The molecule has 0 radical (unpaired) electrons. The number of hydrogen-bond acceptors (Lipinski definition) is 4. The molecule has 8 heteroatoms. The van der Waals surface area contributed by atoms with Crippen molar-refractivity contribution in [3.05, 3.63) is 265 Å². The van der Waals surface area contributed by atoms with Crippen LogP contribution in [-0.2, 0) is 0 Å². The lowest BCUT2D eigenvalue weighted by Crippen LogP contribution is -2.13. The number of benzene rings is 12. The van der Waals surface area contributed by atoms with E-state index in [1.54, 1.807) is 60.7 Å². The first-order valence-electron chi connectivity index (χ1n) is 23.8. The second kappa shape index (κ2) is 18.6. The molecule has 0 aliphatic carbocycles. The Kier molecular flexibility index (Phi) is 11.4. The van der Waals surface area contributed by atoms with Crippen molar-refractivity contribution in [1.82, 2.24) is 0 Å². The minimum Gasteiger partial charge on any atom is -0.308 e. The van der Waals surface area contributed by atoms with Crippen LogP contribution in [-0.4, -0.2) is 0 Å². The highest BCUT2D eigenvalue weighted by molar-refractivity contribution is 6.28. The van der Waals surface area contributed by atoms with Gasteiger partial charge in [0.05, 0.1) is 33.9 Å². The fourth-order valence-corrected chi connectivity index (χ4v) is 10.2. The number of rotatable bonds is 10. The van der Waals surface area contributed by atoms with Gasteiger partial charge in [-0.2, -0.15) is 10.5 Å². The molecule has 0 N–H and O–H groups in total. The molecule has 0 aromatic heterocycles. The third kappa shape index (κ3) is 8.17. The fraction of sp³-hybridized carbons (Fsp3) is 0.